The van der Waals surface area contributed by atoms with Crippen molar-refractivity contribution in [3.05, 3.63) is 144 Å². The van der Waals surface area contributed by atoms with Gasteiger partial charge in [0.25, 0.3) is 0 Å². The molecule has 0 aromatic heterocycles. The lowest BCUT2D eigenvalue weighted by Gasteiger charge is -2.40. The smallest absolute Gasteiger partial charge is 0.409 e. The summed E-state index contributed by atoms with van der Waals surface area (Å²) in [6.07, 6.45) is 2.55. The topological polar surface area (TPSA) is 126 Å². The van der Waals surface area contributed by atoms with Gasteiger partial charge in [0.15, 0.2) is 0 Å². The fourth-order valence-electron chi connectivity index (χ4n) is 6.96. The molecule has 0 saturated carbocycles. The number of amides is 3. The molecule has 10 nitrogen and oxygen atoms in total. The molecule has 11 heteroatoms. The minimum atomic E-state index is -0.738. The molecule has 0 bridgehead atoms. The Labute approximate surface area is 329 Å². The fraction of sp³-hybridized carbons (Fsp3) is 0.364. The average Bonchev–Trinajstić information content (AvgIpc) is 3.24. The van der Waals surface area contributed by atoms with Gasteiger partial charge >= 0.3 is 11.5 Å². The Morgan fingerprint density at radius 3 is 1.35 bits per heavy atom. The Kier molecular flexibility index (Phi) is 17.2. The van der Waals surface area contributed by atoms with Crippen LogP contribution in [0.3, 0.4) is 0 Å². The summed E-state index contributed by atoms with van der Waals surface area (Å²) in [5.41, 5.74) is 2.56. The van der Waals surface area contributed by atoms with Crippen molar-refractivity contribution in [2.45, 2.75) is 63.5 Å². The van der Waals surface area contributed by atoms with Crippen molar-refractivity contribution in [2.75, 3.05) is 39.4 Å². The van der Waals surface area contributed by atoms with E-state index in [-0.39, 0.29) is 17.9 Å². The van der Waals surface area contributed by atoms with Gasteiger partial charge in [0.2, 0.25) is 11.8 Å². The van der Waals surface area contributed by atoms with Gasteiger partial charge in [0.1, 0.15) is 0 Å². The van der Waals surface area contributed by atoms with Crippen LogP contribution in [0.25, 0.3) is 0 Å². The van der Waals surface area contributed by atoms with Crippen LogP contribution in [-0.4, -0.2) is 67.6 Å². The largest absolute Gasteiger partial charge is 0.454 e. The highest BCUT2D eigenvalue weighted by Gasteiger charge is 2.44. The van der Waals surface area contributed by atoms with E-state index in [0.717, 1.165) is 48.2 Å². The molecule has 292 valence electrons. The van der Waals surface area contributed by atoms with Gasteiger partial charge in [0, 0.05) is 37.8 Å². The summed E-state index contributed by atoms with van der Waals surface area (Å²) in [6.45, 7) is 8.06. The van der Waals surface area contributed by atoms with Gasteiger partial charge in [-0.15, -0.1) is 0 Å². The molecule has 0 spiro atoms. The molecular weight excluding hydrogens is 716 g/mol. The quantitative estimate of drug-likeness (QED) is 0.143. The zero-order chi connectivity index (χ0) is 39.4. The molecule has 2 aliphatic heterocycles. The molecule has 0 aliphatic carbocycles. The van der Waals surface area contributed by atoms with Crippen molar-refractivity contribution in [3.8, 4) is 0 Å². The number of piperidine rings is 2. The number of rotatable bonds is 10. The van der Waals surface area contributed by atoms with Crippen LogP contribution in [0.5, 0.6) is 0 Å². The van der Waals surface area contributed by atoms with E-state index in [0.29, 0.717) is 52.2 Å². The average molecular weight is 769 g/mol. The number of hydrogen-bond donors (Lipinski definition) is 3. The minimum Gasteiger partial charge on any atom is -0.454 e. The minimum absolute atomic E-state index is 0.0149. The maximum Gasteiger partial charge on any atom is 0.409 e. The first kappa shape index (κ1) is 42.6. The van der Waals surface area contributed by atoms with Gasteiger partial charge in [-0.25, -0.2) is 9.59 Å². The number of carbonyl (C=O) groups is 4. The Hall–Kier alpha value is -5.19. The molecule has 6 rings (SSSR count). The van der Waals surface area contributed by atoms with Crippen molar-refractivity contribution in [1.82, 2.24) is 20.9 Å². The van der Waals surface area contributed by atoms with E-state index in [1.807, 2.05) is 109 Å². The molecular formula is C44H53ClN4O6. The summed E-state index contributed by atoms with van der Waals surface area (Å²) in [5, 5.41) is 9.60. The number of carbonyl (C=O) groups excluding carboxylic acids is 4. The predicted octanol–water partition coefficient (Wildman–Crippen LogP) is 7.50. The highest BCUT2D eigenvalue weighted by Crippen LogP contribution is 2.36. The first-order valence-corrected chi connectivity index (χ1v) is 19.3. The highest BCUT2D eigenvalue weighted by molar-refractivity contribution is 6.61. The van der Waals surface area contributed by atoms with Crippen LogP contribution in [-0.2, 0) is 43.0 Å². The Morgan fingerprint density at radius 1 is 0.600 bits per heavy atom. The van der Waals surface area contributed by atoms with Crippen LogP contribution in [0.4, 0.5) is 9.59 Å². The molecule has 0 unspecified atom stereocenters. The lowest BCUT2D eigenvalue weighted by Crippen LogP contribution is -2.52. The molecule has 3 amide bonds. The molecule has 4 aromatic rings. The van der Waals surface area contributed by atoms with Gasteiger partial charge in [-0.3, -0.25) is 9.59 Å². The maximum atomic E-state index is 13.3. The molecule has 3 N–H and O–H groups in total. The lowest BCUT2D eigenvalue weighted by atomic mass is 9.72. The van der Waals surface area contributed by atoms with E-state index in [9.17, 15) is 19.2 Å². The van der Waals surface area contributed by atoms with Crippen molar-refractivity contribution in [2.24, 2.45) is 0 Å². The number of ether oxygens (including phenoxy) is 2. The number of halogens is 1. The first-order valence-electron chi connectivity index (χ1n) is 18.9. The SMILES string of the molecule is CCOC(=O)Cl.CCOC(=O)N1CCC(C(=O)NCc2ccccc2)(c2ccccc2)CC1.O=C(NCc1ccccc1)C1(c2ccccc2)CCNCC1. The van der Waals surface area contributed by atoms with E-state index < -0.39 is 16.3 Å². The Balaban J connectivity index is 0.000000216. The number of nitrogens with zero attached hydrogens (tertiary/aromatic N) is 1. The Morgan fingerprint density at radius 2 is 0.982 bits per heavy atom. The van der Waals surface area contributed by atoms with Crippen LogP contribution < -0.4 is 16.0 Å². The molecule has 4 aromatic carbocycles. The molecule has 2 saturated heterocycles. The third kappa shape index (κ3) is 12.4. The van der Waals surface area contributed by atoms with Crippen LogP contribution >= 0.6 is 11.6 Å². The molecule has 2 fully saturated rings. The molecule has 2 heterocycles. The second kappa shape index (κ2) is 22.3. The number of benzene rings is 4. The summed E-state index contributed by atoms with van der Waals surface area (Å²) in [7, 11) is 0. The summed E-state index contributed by atoms with van der Waals surface area (Å²) in [6, 6.07) is 40.0. The second-order valence-corrected chi connectivity index (χ2v) is 13.6. The van der Waals surface area contributed by atoms with Gasteiger partial charge in [-0.2, -0.15) is 0 Å². The van der Waals surface area contributed by atoms with E-state index >= 15 is 0 Å². The molecule has 2 aliphatic rings. The summed E-state index contributed by atoms with van der Waals surface area (Å²) in [5.74, 6) is 0.158. The van der Waals surface area contributed by atoms with Crippen LogP contribution in [0.15, 0.2) is 121 Å². The second-order valence-electron chi connectivity index (χ2n) is 13.3. The number of hydrogen-bond acceptors (Lipinski definition) is 7. The van der Waals surface area contributed by atoms with Gasteiger partial charge < -0.3 is 30.3 Å². The van der Waals surface area contributed by atoms with E-state index in [1.165, 1.54) is 0 Å². The van der Waals surface area contributed by atoms with E-state index in [1.54, 1.807) is 18.7 Å². The standard InChI is InChI=1S/C22H26N2O3.C19H22N2O.C3H5ClO2/c1-2-27-21(26)24-15-13-22(14-16-24,19-11-7-4-8-12-19)20(25)23-17-18-9-5-3-6-10-18;22-18(21-15-16-7-3-1-4-8-16)19(11-13-20-14-12-19)17-9-5-2-6-10-17;1-2-6-3(4)5/h3-12H,2,13-17H2,1H3,(H,23,25);1-10,20H,11-15H2,(H,21,22);2H2,1H3. The zero-order valence-electron chi connectivity index (χ0n) is 31.8. The summed E-state index contributed by atoms with van der Waals surface area (Å²) < 4.78 is 9.28. The fourth-order valence-corrected chi connectivity index (χ4v) is 7.06. The number of nitrogens with one attached hydrogen (secondary N) is 3. The van der Waals surface area contributed by atoms with Gasteiger partial charge in [-0.1, -0.05) is 121 Å². The third-order valence-corrected chi connectivity index (χ3v) is 10.1. The van der Waals surface area contributed by atoms with E-state index in [4.69, 9.17) is 16.3 Å². The van der Waals surface area contributed by atoms with E-state index in [2.05, 4.69) is 32.8 Å². The normalized spacial score (nSPS) is 15.4. The van der Waals surface area contributed by atoms with Gasteiger partial charge in [0.05, 0.1) is 24.0 Å². The first-order chi connectivity index (χ1) is 26.7. The zero-order valence-corrected chi connectivity index (χ0v) is 32.6. The third-order valence-electron chi connectivity index (χ3n) is 9.97. The maximum absolute atomic E-state index is 13.3. The van der Waals surface area contributed by atoms with Crippen LogP contribution in [0.2, 0.25) is 0 Å². The van der Waals surface area contributed by atoms with Crippen LogP contribution in [0.1, 0.15) is 61.8 Å². The summed E-state index contributed by atoms with van der Waals surface area (Å²) in [4.78, 5) is 49.5. The van der Waals surface area contributed by atoms with Crippen molar-refractivity contribution < 1.29 is 28.7 Å². The Bertz CT molecular complexity index is 1750. The summed E-state index contributed by atoms with van der Waals surface area (Å²) >= 11 is 4.72. The lowest BCUT2D eigenvalue weighted by molar-refractivity contribution is -0.129. The number of likely N-dealkylation sites (tertiary alicyclic amines) is 1. The highest BCUT2D eigenvalue weighted by atomic mass is 35.5. The van der Waals surface area contributed by atoms with Crippen molar-refractivity contribution >= 4 is 34.9 Å². The van der Waals surface area contributed by atoms with Crippen molar-refractivity contribution in [1.29, 1.82) is 0 Å². The molecule has 55 heavy (non-hydrogen) atoms. The monoisotopic (exact) mass is 768 g/mol. The van der Waals surface area contributed by atoms with Crippen molar-refractivity contribution in [3.63, 3.8) is 0 Å². The van der Waals surface area contributed by atoms with Crippen LogP contribution in [0, 0.1) is 0 Å². The van der Waals surface area contributed by atoms with Gasteiger partial charge in [-0.05, 0) is 74.9 Å². The molecule has 0 radical (unpaired) electrons. The predicted molar refractivity (Wildman–Crippen MR) is 216 cm³/mol. The molecule has 0 atom stereocenters.